The van der Waals surface area contributed by atoms with Gasteiger partial charge in [0.1, 0.15) is 5.82 Å². The number of aromatic nitrogens is 2. The molecule has 1 N–H and O–H groups in total. The summed E-state index contributed by atoms with van der Waals surface area (Å²) in [5.41, 5.74) is 1.57. The lowest BCUT2D eigenvalue weighted by atomic mass is 10.0. The predicted octanol–water partition coefficient (Wildman–Crippen LogP) is 4.29. The number of halogens is 2. The Morgan fingerprint density at radius 2 is 1.91 bits per heavy atom. The molecule has 0 amide bonds. The van der Waals surface area contributed by atoms with Gasteiger partial charge in [0.15, 0.2) is 0 Å². The second-order valence-electron chi connectivity index (χ2n) is 5.32. The van der Waals surface area contributed by atoms with Crippen molar-refractivity contribution in [2.75, 3.05) is 25.1 Å². The predicted molar refractivity (Wildman–Crippen MR) is 89.5 cm³/mol. The second-order valence-corrected chi connectivity index (χ2v) is 6.11. The van der Waals surface area contributed by atoms with Gasteiger partial charge in [0, 0.05) is 43.8 Å². The smallest absolute Gasteiger partial charge is 0.128 e. The molecule has 0 aliphatic carbocycles. The number of hydrogen-bond donors (Lipinski definition) is 1. The van der Waals surface area contributed by atoms with E-state index in [0.29, 0.717) is 21.7 Å². The fourth-order valence-electron chi connectivity index (χ4n) is 2.49. The minimum absolute atomic E-state index is 0.462. The van der Waals surface area contributed by atoms with E-state index in [4.69, 9.17) is 27.9 Å². The first-order chi connectivity index (χ1) is 10.7. The Bertz CT molecular complexity index is 631. The first kappa shape index (κ1) is 15.5. The molecule has 0 saturated carbocycles. The van der Waals surface area contributed by atoms with Crippen LogP contribution in [-0.2, 0) is 4.74 Å². The molecule has 0 spiro atoms. The molecule has 3 rings (SSSR count). The molecule has 0 aromatic carbocycles. The van der Waals surface area contributed by atoms with Crippen molar-refractivity contribution in [3.63, 3.8) is 0 Å². The third kappa shape index (κ3) is 3.69. The van der Waals surface area contributed by atoms with E-state index in [-0.39, 0.29) is 0 Å². The third-order valence-corrected chi connectivity index (χ3v) is 4.56. The highest BCUT2D eigenvalue weighted by atomic mass is 35.5. The van der Waals surface area contributed by atoms with Crippen molar-refractivity contribution in [3.05, 3.63) is 40.6 Å². The van der Waals surface area contributed by atoms with Crippen LogP contribution in [0.1, 0.15) is 12.8 Å². The fraction of sp³-hybridized carbons (Fsp3) is 0.375. The van der Waals surface area contributed by atoms with Crippen LogP contribution in [0.2, 0.25) is 10.0 Å². The van der Waals surface area contributed by atoms with Gasteiger partial charge in [0.25, 0.3) is 0 Å². The zero-order valence-corrected chi connectivity index (χ0v) is 13.6. The summed E-state index contributed by atoms with van der Waals surface area (Å²) in [6.45, 7) is 2.54. The molecule has 6 heteroatoms. The van der Waals surface area contributed by atoms with Crippen molar-refractivity contribution in [3.8, 4) is 11.3 Å². The fourth-order valence-corrected chi connectivity index (χ4v) is 2.89. The van der Waals surface area contributed by atoms with Gasteiger partial charge in [0.2, 0.25) is 0 Å². The summed E-state index contributed by atoms with van der Waals surface area (Å²) in [6.07, 6.45) is 5.57. The Balaban J connectivity index is 1.79. The number of anilines is 1. The van der Waals surface area contributed by atoms with Gasteiger partial charge in [0.05, 0.1) is 15.7 Å². The Morgan fingerprint density at radius 1 is 1.18 bits per heavy atom. The minimum atomic E-state index is 0.462. The zero-order valence-electron chi connectivity index (χ0n) is 12.1. The Morgan fingerprint density at radius 3 is 2.64 bits per heavy atom. The molecule has 3 heterocycles. The normalized spacial score (nSPS) is 15.7. The third-order valence-electron chi connectivity index (χ3n) is 3.78. The molecule has 1 fully saturated rings. The van der Waals surface area contributed by atoms with Crippen molar-refractivity contribution in [1.29, 1.82) is 0 Å². The summed E-state index contributed by atoms with van der Waals surface area (Å²) in [4.78, 5) is 8.61. The topological polar surface area (TPSA) is 47.0 Å². The summed E-state index contributed by atoms with van der Waals surface area (Å²) in [5, 5.41) is 4.33. The zero-order chi connectivity index (χ0) is 15.4. The number of nitrogens with one attached hydrogen (secondary N) is 1. The molecule has 0 radical (unpaired) electrons. The van der Waals surface area contributed by atoms with E-state index in [1.165, 1.54) is 0 Å². The van der Waals surface area contributed by atoms with Gasteiger partial charge in [-0.25, -0.2) is 4.98 Å². The minimum Gasteiger partial charge on any atom is -0.381 e. The standard InChI is InChI=1S/C16H17Cl2N3O/c17-13-9-14(20-10-11-3-7-22-8-4-11)21-16(15(13)18)12-1-5-19-6-2-12/h1-2,5-6,9,11H,3-4,7-8,10H2,(H,20,21). The van der Waals surface area contributed by atoms with E-state index in [9.17, 15) is 0 Å². The molecule has 22 heavy (non-hydrogen) atoms. The molecule has 1 saturated heterocycles. The monoisotopic (exact) mass is 337 g/mol. The maximum Gasteiger partial charge on any atom is 0.128 e. The van der Waals surface area contributed by atoms with E-state index in [2.05, 4.69) is 15.3 Å². The first-order valence-corrected chi connectivity index (χ1v) is 8.07. The van der Waals surface area contributed by atoms with Crippen LogP contribution in [0.5, 0.6) is 0 Å². The van der Waals surface area contributed by atoms with E-state index in [1.54, 1.807) is 18.5 Å². The molecule has 0 bridgehead atoms. The SMILES string of the molecule is Clc1cc(NCC2CCOCC2)nc(-c2ccncc2)c1Cl. The Labute approximate surface area is 139 Å². The summed E-state index contributed by atoms with van der Waals surface area (Å²) in [7, 11) is 0. The van der Waals surface area contributed by atoms with Crippen molar-refractivity contribution >= 4 is 29.0 Å². The van der Waals surface area contributed by atoms with Gasteiger partial charge in [-0.15, -0.1) is 0 Å². The van der Waals surface area contributed by atoms with Gasteiger partial charge >= 0.3 is 0 Å². The largest absolute Gasteiger partial charge is 0.381 e. The second kappa shape index (κ2) is 7.27. The summed E-state index contributed by atoms with van der Waals surface area (Å²) >= 11 is 12.5. The van der Waals surface area contributed by atoms with Gasteiger partial charge in [-0.3, -0.25) is 4.98 Å². The number of ether oxygens (including phenoxy) is 1. The van der Waals surface area contributed by atoms with Crippen LogP contribution < -0.4 is 5.32 Å². The van der Waals surface area contributed by atoms with E-state index >= 15 is 0 Å². The van der Waals surface area contributed by atoms with Crippen molar-refractivity contribution < 1.29 is 4.74 Å². The quantitative estimate of drug-likeness (QED) is 0.903. The molecule has 2 aromatic rings. The van der Waals surface area contributed by atoms with Gasteiger partial charge in [-0.1, -0.05) is 23.2 Å². The highest BCUT2D eigenvalue weighted by Crippen LogP contribution is 2.33. The lowest BCUT2D eigenvalue weighted by Crippen LogP contribution is -2.23. The molecule has 0 atom stereocenters. The van der Waals surface area contributed by atoms with Crippen LogP contribution in [0.4, 0.5) is 5.82 Å². The van der Waals surface area contributed by atoms with Crippen molar-refractivity contribution in [2.45, 2.75) is 12.8 Å². The van der Waals surface area contributed by atoms with Crippen LogP contribution in [0, 0.1) is 5.92 Å². The van der Waals surface area contributed by atoms with Crippen LogP contribution >= 0.6 is 23.2 Å². The van der Waals surface area contributed by atoms with E-state index in [1.807, 2.05) is 12.1 Å². The molecule has 4 nitrogen and oxygen atoms in total. The van der Waals surface area contributed by atoms with Crippen LogP contribution in [0.25, 0.3) is 11.3 Å². The lowest BCUT2D eigenvalue weighted by Gasteiger charge is -2.22. The number of rotatable bonds is 4. The maximum atomic E-state index is 6.29. The summed E-state index contributed by atoms with van der Waals surface area (Å²) in [5.74, 6) is 1.35. The molecule has 1 aliphatic rings. The molecule has 1 aliphatic heterocycles. The van der Waals surface area contributed by atoms with Crippen LogP contribution in [-0.4, -0.2) is 29.7 Å². The van der Waals surface area contributed by atoms with Gasteiger partial charge in [-0.05, 0) is 30.9 Å². The lowest BCUT2D eigenvalue weighted by molar-refractivity contribution is 0.0699. The maximum absolute atomic E-state index is 6.29. The number of hydrogen-bond acceptors (Lipinski definition) is 4. The van der Waals surface area contributed by atoms with Crippen LogP contribution in [0.3, 0.4) is 0 Å². The summed E-state index contributed by atoms with van der Waals surface area (Å²) < 4.78 is 5.38. The number of pyridine rings is 2. The van der Waals surface area contributed by atoms with Gasteiger partial charge in [-0.2, -0.15) is 0 Å². The average Bonchev–Trinajstić information content (AvgIpc) is 2.57. The molecule has 2 aromatic heterocycles. The first-order valence-electron chi connectivity index (χ1n) is 7.32. The molecular formula is C16H17Cl2N3O. The highest BCUT2D eigenvalue weighted by Gasteiger charge is 2.15. The van der Waals surface area contributed by atoms with Crippen molar-refractivity contribution in [2.24, 2.45) is 5.92 Å². The average molecular weight is 338 g/mol. The van der Waals surface area contributed by atoms with Crippen LogP contribution in [0.15, 0.2) is 30.6 Å². The molecule has 0 unspecified atom stereocenters. The molecule has 116 valence electrons. The Hall–Kier alpha value is -1.36. The van der Waals surface area contributed by atoms with E-state index in [0.717, 1.165) is 44.0 Å². The highest BCUT2D eigenvalue weighted by molar-refractivity contribution is 6.43. The van der Waals surface area contributed by atoms with Gasteiger partial charge < -0.3 is 10.1 Å². The van der Waals surface area contributed by atoms with Crippen molar-refractivity contribution in [1.82, 2.24) is 9.97 Å². The summed E-state index contributed by atoms with van der Waals surface area (Å²) in [6, 6.07) is 5.51. The number of nitrogens with zero attached hydrogens (tertiary/aromatic N) is 2. The Kier molecular flexibility index (Phi) is 5.13. The van der Waals surface area contributed by atoms with E-state index < -0.39 is 0 Å². The molecular weight excluding hydrogens is 321 g/mol.